The number of aliphatic hydroxyl groups excluding tert-OH is 1. The topological polar surface area (TPSA) is 96.9 Å². The van der Waals surface area contributed by atoms with Crippen LogP contribution >= 0.6 is 0 Å². The second-order valence-corrected chi connectivity index (χ2v) is 6.33. The van der Waals surface area contributed by atoms with Crippen molar-refractivity contribution in [3.8, 4) is 11.5 Å². The third kappa shape index (κ3) is 4.34. The van der Waals surface area contributed by atoms with Crippen molar-refractivity contribution in [2.45, 2.75) is 6.10 Å². The lowest BCUT2D eigenvalue weighted by Gasteiger charge is -2.12. The van der Waals surface area contributed by atoms with Crippen LogP contribution in [0.5, 0.6) is 11.5 Å². The van der Waals surface area contributed by atoms with Crippen molar-refractivity contribution < 1.29 is 23.0 Å². The lowest BCUT2D eigenvalue weighted by Crippen LogP contribution is -2.32. The molecule has 8 heteroatoms. The number of hydrogen-bond acceptors (Lipinski definition) is 6. The summed E-state index contributed by atoms with van der Waals surface area (Å²) in [5.41, 5.74) is 0.720. The van der Waals surface area contributed by atoms with Gasteiger partial charge < -0.3 is 19.9 Å². The van der Waals surface area contributed by atoms with E-state index in [1.54, 1.807) is 18.2 Å². The van der Waals surface area contributed by atoms with Crippen LogP contribution in [0.1, 0.15) is 11.7 Å². The van der Waals surface area contributed by atoms with Gasteiger partial charge in [-0.3, -0.25) is 0 Å². The third-order valence-corrected chi connectivity index (χ3v) is 3.51. The summed E-state index contributed by atoms with van der Waals surface area (Å²) >= 11 is 0. The van der Waals surface area contributed by atoms with Gasteiger partial charge in [0.25, 0.3) is 0 Å². The van der Waals surface area contributed by atoms with E-state index in [0.29, 0.717) is 24.6 Å². The summed E-state index contributed by atoms with van der Waals surface area (Å²) in [6.07, 6.45) is 0.414. The van der Waals surface area contributed by atoms with Crippen molar-refractivity contribution in [2.24, 2.45) is 0 Å². The van der Waals surface area contributed by atoms with Crippen molar-refractivity contribution in [1.82, 2.24) is 10.0 Å². The molecule has 1 atom stereocenters. The molecule has 1 heterocycles. The highest BCUT2D eigenvalue weighted by Gasteiger charge is 2.16. The van der Waals surface area contributed by atoms with Crippen molar-refractivity contribution >= 4 is 10.0 Å². The standard InChI is InChI=1S/C12H18N2O5S/c1-20(16,17)14-5-4-13-7-10(15)9-2-3-11-12(6-9)19-8-18-11/h2-3,6,10,13-15H,4-5,7-8H2,1H3. The second kappa shape index (κ2) is 6.40. The van der Waals surface area contributed by atoms with Crippen LogP contribution < -0.4 is 19.5 Å². The molecule has 7 nitrogen and oxygen atoms in total. The Hall–Kier alpha value is -1.35. The first-order chi connectivity index (χ1) is 9.46. The van der Waals surface area contributed by atoms with Gasteiger partial charge >= 0.3 is 0 Å². The maximum absolute atomic E-state index is 10.8. The summed E-state index contributed by atoms with van der Waals surface area (Å²) in [7, 11) is -3.17. The van der Waals surface area contributed by atoms with E-state index in [9.17, 15) is 13.5 Å². The lowest BCUT2D eigenvalue weighted by atomic mass is 10.1. The molecule has 1 aliphatic rings. The Kier molecular flexibility index (Phi) is 4.81. The molecule has 112 valence electrons. The second-order valence-electron chi connectivity index (χ2n) is 4.50. The van der Waals surface area contributed by atoms with Crippen molar-refractivity contribution in [2.75, 3.05) is 32.7 Å². The first kappa shape index (κ1) is 15.0. The smallest absolute Gasteiger partial charge is 0.231 e. The van der Waals surface area contributed by atoms with Crippen LogP contribution in [0, 0.1) is 0 Å². The molecular formula is C12H18N2O5S. The lowest BCUT2D eigenvalue weighted by molar-refractivity contribution is 0.170. The Balaban J connectivity index is 1.76. The number of aliphatic hydroxyl groups is 1. The Morgan fingerprint density at radius 1 is 1.30 bits per heavy atom. The maximum atomic E-state index is 10.8. The molecule has 0 aliphatic carbocycles. The van der Waals surface area contributed by atoms with Gasteiger partial charge in [-0.25, -0.2) is 13.1 Å². The fourth-order valence-corrected chi connectivity index (χ4v) is 2.27. The molecule has 0 fully saturated rings. The first-order valence-corrected chi connectivity index (χ1v) is 8.08. The molecule has 0 aromatic heterocycles. The van der Waals surface area contributed by atoms with Crippen molar-refractivity contribution in [3.05, 3.63) is 23.8 Å². The summed E-state index contributed by atoms with van der Waals surface area (Å²) in [6, 6.07) is 5.27. The average molecular weight is 302 g/mol. The molecule has 0 bridgehead atoms. The van der Waals surface area contributed by atoms with Crippen LogP contribution in [0.3, 0.4) is 0 Å². The third-order valence-electron chi connectivity index (χ3n) is 2.79. The van der Waals surface area contributed by atoms with Crippen molar-refractivity contribution in [1.29, 1.82) is 0 Å². The molecule has 1 aliphatic heterocycles. The number of sulfonamides is 1. The van der Waals surface area contributed by atoms with Gasteiger partial charge in [0.15, 0.2) is 11.5 Å². The molecule has 0 saturated carbocycles. The number of ether oxygens (including phenoxy) is 2. The quantitative estimate of drug-likeness (QED) is 0.592. The van der Waals surface area contributed by atoms with E-state index in [1.165, 1.54) is 0 Å². The Bertz CT molecular complexity index is 561. The largest absolute Gasteiger partial charge is 0.454 e. The fourth-order valence-electron chi connectivity index (χ4n) is 1.80. The van der Waals surface area contributed by atoms with E-state index >= 15 is 0 Å². The highest BCUT2D eigenvalue weighted by molar-refractivity contribution is 7.88. The van der Waals surface area contributed by atoms with Gasteiger partial charge in [0.2, 0.25) is 16.8 Å². The normalized spacial score (nSPS) is 15.3. The number of benzene rings is 1. The first-order valence-electron chi connectivity index (χ1n) is 6.19. The summed E-state index contributed by atoms with van der Waals surface area (Å²) < 4.78 is 34.5. The predicted molar refractivity (Wildman–Crippen MR) is 73.2 cm³/mol. The zero-order valence-electron chi connectivity index (χ0n) is 11.1. The molecule has 0 spiro atoms. The summed E-state index contributed by atoms with van der Waals surface area (Å²) in [6.45, 7) is 1.25. The maximum Gasteiger partial charge on any atom is 0.231 e. The fraction of sp³-hybridized carbons (Fsp3) is 0.500. The van der Waals surface area contributed by atoms with Gasteiger partial charge in [0.05, 0.1) is 12.4 Å². The van der Waals surface area contributed by atoms with Gasteiger partial charge in [-0.1, -0.05) is 6.07 Å². The number of fused-ring (bicyclic) bond motifs is 1. The van der Waals surface area contributed by atoms with Crippen molar-refractivity contribution in [3.63, 3.8) is 0 Å². The van der Waals surface area contributed by atoms with Crippen LogP contribution in [0.15, 0.2) is 18.2 Å². The Labute approximate surface area is 117 Å². The molecule has 0 saturated heterocycles. The molecule has 1 aromatic carbocycles. The molecule has 1 unspecified atom stereocenters. The summed E-state index contributed by atoms with van der Waals surface area (Å²) in [5.74, 6) is 1.30. The zero-order chi connectivity index (χ0) is 14.6. The molecule has 0 radical (unpaired) electrons. The van der Waals surface area contributed by atoms with E-state index in [1.807, 2.05) is 0 Å². The van der Waals surface area contributed by atoms with Gasteiger partial charge in [0, 0.05) is 19.6 Å². The molecule has 3 N–H and O–H groups in total. The Morgan fingerprint density at radius 2 is 2.05 bits per heavy atom. The Morgan fingerprint density at radius 3 is 2.80 bits per heavy atom. The van der Waals surface area contributed by atoms with E-state index in [2.05, 4.69) is 10.0 Å². The van der Waals surface area contributed by atoms with Crippen LogP contribution in [-0.4, -0.2) is 46.2 Å². The monoisotopic (exact) mass is 302 g/mol. The van der Waals surface area contributed by atoms with E-state index in [-0.39, 0.29) is 13.3 Å². The van der Waals surface area contributed by atoms with Gasteiger partial charge in [-0.15, -0.1) is 0 Å². The minimum atomic E-state index is -3.17. The van der Waals surface area contributed by atoms with Gasteiger partial charge in [-0.05, 0) is 17.7 Å². The van der Waals surface area contributed by atoms with E-state index in [4.69, 9.17) is 9.47 Å². The number of nitrogens with one attached hydrogen (secondary N) is 2. The average Bonchev–Trinajstić information content (AvgIpc) is 2.83. The van der Waals surface area contributed by atoms with Gasteiger partial charge in [-0.2, -0.15) is 0 Å². The van der Waals surface area contributed by atoms with Crippen LogP contribution in [0.25, 0.3) is 0 Å². The SMILES string of the molecule is CS(=O)(=O)NCCNCC(O)c1ccc2c(c1)OCO2. The molecule has 1 aromatic rings. The number of rotatable bonds is 7. The van der Waals surface area contributed by atoms with Crippen LogP contribution in [0.2, 0.25) is 0 Å². The zero-order valence-corrected chi connectivity index (χ0v) is 11.9. The summed E-state index contributed by atoms with van der Waals surface area (Å²) in [4.78, 5) is 0. The molecule has 2 rings (SSSR count). The number of hydrogen-bond donors (Lipinski definition) is 3. The van der Waals surface area contributed by atoms with Gasteiger partial charge in [0.1, 0.15) is 0 Å². The molecular weight excluding hydrogens is 284 g/mol. The minimum absolute atomic E-state index is 0.199. The van der Waals surface area contributed by atoms with Crippen LogP contribution in [0.4, 0.5) is 0 Å². The minimum Gasteiger partial charge on any atom is -0.454 e. The highest BCUT2D eigenvalue weighted by Crippen LogP contribution is 2.33. The summed E-state index contributed by atoms with van der Waals surface area (Å²) in [5, 5.41) is 13.0. The van der Waals surface area contributed by atoms with Crippen LogP contribution in [-0.2, 0) is 10.0 Å². The van der Waals surface area contributed by atoms with E-state index < -0.39 is 16.1 Å². The molecule has 20 heavy (non-hydrogen) atoms. The molecule has 0 amide bonds. The predicted octanol–water partition coefficient (Wildman–Crippen LogP) is -0.412. The highest BCUT2D eigenvalue weighted by atomic mass is 32.2. The van der Waals surface area contributed by atoms with E-state index in [0.717, 1.165) is 11.8 Å².